The summed E-state index contributed by atoms with van der Waals surface area (Å²) in [5.41, 5.74) is 0.878. The van der Waals surface area contributed by atoms with Crippen molar-refractivity contribution in [1.82, 2.24) is 20.3 Å². The topological polar surface area (TPSA) is 61.9 Å². The third-order valence-corrected chi connectivity index (χ3v) is 4.34. The van der Waals surface area contributed by atoms with Crippen molar-refractivity contribution >= 4 is 5.78 Å². The maximum absolute atomic E-state index is 11.9. The van der Waals surface area contributed by atoms with Gasteiger partial charge in [-0.3, -0.25) is 4.79 Å². The first-order chi connectivity index (χ1) is 9.65. The normalized spacial score (nSPS) is 17.8. The number of carbonyl (C=O) groups is 1. The number of aromatic nitrogens is 3. The van der Waals surface area contributed by atoms with Gasteiger partial charge in [-0.25, -0.2) is 0 Å². The van der Waals surface area contributed by atoms with Crippen molar-refractivity contribution in [1.29, 1.82) is 0 Å². The van der Waals surface area contributed by atoms with Gasteiger partial charge in [0.15, 0.2) is 0 Å². The predicted molar refractivity (Wildman–Crippen MR) is 78.4 cm³/mol. The van der Waals surface area contributed by atoms with Crippen molar-refractivity contribution in [2.75, 3.05) is 13.1 Å². The Bertz CT molecular complexity index is 394. The Balaban J connectivity index is 1.59. The second kappa shape index (κ2) is 7.53. The van der Waals surface area contributed by atoms with E-state index in [2.05, 4.69) is 34.2 Å². The van der Waals surface area contributed by atoms with Gasteiger partial charge in [-0.15, -0.1) is 0 Å². The smallest absolute Gasteiger partial charge is 0.133 e. The van der Waals surface area contributed by atoms with Gasteiger partial charge < -0.3 is 4.90 Å². The molecule has 1 aromatic rings. The first-order valence-electron chi connectivity index (χ1n) is 7.75. The molecule has 0 spiro atoms. The fraction of sp³-hybridized carbons (Fsp3) is 0.800. The molecule has 1 aliphatic heterocycles. The first kappa shape index (κ1) is 15.2. The number of carbonyl (C=O) groups excluding carboxylic acids is 1. The Morgan fingerprint density at radius 2 is 2.15 bits per heavy atom. The number of nitrogens with one attached hydrogen (secondary N) is 1. The molecule has 1 aliphatic rings. The van der Waals surface area contributed by atoms with E-state index in [-0.39, 0.29) is 0 Å². The molecule has 0 aromatic carbocycles. The van der Waals surface area contributed by atoms with Crippen LogP contribution in [-0.2, 0) is 11.2 Å². The number of rotatable bonds is 7. The standard InChI is InChI=1S/C15H26N4O/c1-12(2)19-9-7-13(8-10-19)3-5-15(20)6-4-14-11-16-18-17-14/h11-13H,3-10H2,1-2H3,(H,16,17,18). The zero-order valence-electron chi connectivity index (χ0n) is 12.6. The number of hydrogen-bond donors (Lipinski definition) is 1. The Morgan fingerprint density at radius 3 is 2.75 bits per heavy atom. The fourth-order valence-corrected chi connectivity index (χ4v) is 2.86. The molecule has 0 radical (unpaired) electrons. The molecule has 1 aromatic heterocycles. The number of ketones is 1. The SMILES string of the molecule is CC(C)N1CCC(CCC(=O)CCc2cn[nH]n2)CC1. The molecule has 0 unspecified atom stereocenters. The number of piperidine rings is 1. The summed E-state index contributed by atoms with van der Waals surface area (Å²) in [7, 11) is 0. The van der Waals surface area contributed by atoms with Gasteiger partial charge in [0, 0.05) is 18.9 Å². The minimum Gasteiger partial charge on any atom is -0.301 e. The molecule has 112 valence electrons. The largest absolute Gasteiger partial charge is 0.301 e. The molecule has 5 nitrogen and oxygen atoms in total. The highest BCUT2D eigenvalue weighted by Crippen LogP contribution is 2.23. The number of aromatic amines is 1. The molecule has 1 saturated heterocycles. The zero-order chi connectivity index (χ0) is 14.4. The van der Waals surface area contributed by atoms with Crippen LogP contribution in [0.4, 0.5) is 0 Å². The van der Waals surface area contributed by atoms with Gasteiger partial charge in [0.1, 0.15) is 5.78 Å². The number of hydrogen-bond acceptors (Lipinski definition) is 4. The van der Waals surface area contributed by atoms with Crippen molar-refractivity contribution in [2.24, 2.45) is 5.92 Å². The minimum atomic E-state index is 0.360. The van der Waals surface area contributed by atoms with Crippen LogP contribution < -0.4 is 0 Å². The van der Waals surface area contributed by atoms with E-state index in [1.807, 2.05) is 0 Å². The van der Waals surface area contributed by atoms with Gasteiger partial charge >= 0.3 is 0 Å². The molecule has 1 N–H and O–H groups in total. The van der Waals surface area contributed by atoms with Crippen molar-refractivity contribution in [3.8, 4) is 0 Å². The monoisotopic (exact) mass is 278 g/mol. The number of Topliss-reactive ketones (excluding diaryl/α,β-unsaturated/α-hetero) is 1. The molecule has 0 bridgehead atoms. The predicted octanol–water partition coefficient (Wildman–Crippen LogP) is 2.21. The highest BCUT2D eigenvalue weighted by Gasteiger charge is 2.21. The lowest BCUT2D eigenvalue weighted by atomic mass is 9.90. The van der Waals surface area contributed by atoms with E-state index >= 15 is 0 Å². The summed E-state index contributed by atoms with van der Waals surface area (Å²) in [5, 5.41) is 10.3. The van der Waals surface area contributed by atoms with Gasteiger partial charge in [0.2, 0.25) is 0 Å². The summed E-state index contributed by atoms with van der Waals surface area (Å²) < 4.78 is 0. The average Bonchev–Trinajstić information content (AvgIpc) is 2.96. The van der Waals surface area contributed by atoms with Crippen LogP contribution in [-0.4, -0.2) is 45.2 Å². The maximum Gasteiger partial charge on any atom is 0.133 e. The lowest BCUT2D eigenvalue weighted by Crippen LogP contribution is -2.38. The summed E-state index contributed by atoms with van der Waals surface area (Å²) >= 11 is 0. The Labute approximate surface area is 121 Å². The van der Waals surface area contributed by atoms with E-state index < -0.39 is 0 Å². The molecule has 1 fully saturated rings. The average molecular weight is 278 g/mol. The Morgan fingerprint density at radius 1 is 1.40 bits per heavy atom. The number of H-pyrrole nitrogens is 1. The minimum absolute atomic E-state index is 0.360. The summed E-state index contributed by atoms with van der Waals surface area (Å²) in [6, 6.07) is 0.653. The van der Waals surface area contributed by atoms with Crippen molar-refractivity contribution in [2.45, 2.75) is 58.4 Å². The van der Waals surface area contributed by atoms with Crippen LogP contribution in [0.3, 0.4) is 0 Å². The van der Waals surface area contributed by atoms with Gasteiger partial charge in [0.05, 0.1) is 11.9 Å². The second-order valence-electron chi connectivity index (χ2n) is 6.11. The van der Waals surface area contributed by atoms with Crippen LogP contribution in [0.2, 0.25) is 0 Å². The van der Waals surface area contributed by atoms with Gasteiger partial charge in [0.25, 0.3) is 0 Å². The van der Waals surface area contributed by atoms with Crippen LogP contribution in [0, 0.1) is 5.92 Å². The third-order valence-electron chi connectivity index (χ3n) is 4.34. The number of nitrogens with zero attached hydrogens (tertiary/aromatic N) is 3. The molecule has 0 amide bonds. The lowest BCUT2D eigenvalue weighted by molar-refractivity contribution is -0.119. The summed E-state index contributed by atoms with van der Waals surface area (Å²) in [4.78, 5) is 14.4. The van der Waals surface area contributed by atoms with E-state index in [9.17, 15) is 4.79 Å². The van der Waals surface area contributed by atoms with Crippen molar-refractivity contribution < 1.29 is 4.79 Å². The highest BCUT2D eigenvalue weighted by molar-refractivity contribution is 5.78. The molecule has 2 rings (SSSR count). The molecule has 5 heteroatoms. The van der Waals surface area contributed by atoms with E-state index in [1.54, 1.807) is 6.20 Å². The molecule has 2 heterocycles. The van der Waals surface area contributed by atoms with Gasteiger partial charge in [-0.1, -0.05) is 0 Å². The summed E-state index contributed by atoms with van der Waals surface area (Å²) in [6.07, 6.45) is 7.27. The Kier molecular flexibility index (Phi) is 5.71. The number of aryl methyl sites for hydroxylation is 1. The van der Waals surface area contributed by atoms with Gasteiger partial charge in [-0.2, -0.15) is 15.4 Å². The van der Waals surface area contributed by atoms with Crippen molar-refractivity contribution in [3.63, 3.8) is 0 Å². The van der Waals surface area contributed by atoms with Crippen LogP contribution >= 0.6 is 0 Å². The second-order valence-corrected chi connectivity index (χ2v) is 6.11. The van der Waals surface area contributed by atoms with Crippen LogP contribution in [0.25, 0.3) is 0 Å². The van der Waals surface area contributed by atoms with Crippen molar-refractivity contribution in [3.05, 3.63) is 11.9 Å². The van der Waals surface area contributed by atoms with E-state index in [0.717, 1.165) is 24.5 Å². The molecule has 0 saturated carbocycles. The Hall–Kier alpha value is -1.23. The molecule has 0 aliphatic carbocycles. The zero-order valence-corrected chi connectivity index (χ0v) is 12.6. The highest BCUT2D eigenvalue weighted by atomic mass is 16.1. The van der Waals surface area contributed by atoms with Crippen LogP contribution in [0.1, 0.15) is 51.6 Å². The quantitative estimate of drug-likeness (QED) is 0.830. The van der Waals surface area contributed by atoms with E-state index in [4.69, 9.17) is 0 Å². The molecular formula is C15H26N4O. The maximum atomic E-state index is 11.9. The third kappa shape index (κ3) is 4.71. The van der Waals surface area contributed by atoms with Crippen LogP contribution in [0.5, 0.6) is 0 Å². The van der Waals surface area contributed by atoms with E-state index in [0.29, 0.717) is 24.7 Å². The molecular weight excluding hydrogens is 252 g/mol. The van der Waals surface area contributed by atoms with Crippen LogP contribution in [0.15, 0.2) is 6.20 Å². The fourth-order valence-electron chi connectivity index (χ4n) is 2.86. The summed E-state index contributed by atoms with van der Waals surface area (Å²) in [5.74, 6) is 1.10. The van der Waals surface area contributed by atoms with E-state index in [1.165, 1.54) is 25.9 Å². The van der Waals surface area contributed by atoms with Gasteiger partial charge in [-0.05, 0) is 58.5 Å². The number of likely N-dealkylation sites (tertiary alicyclic amines) is 1. The molecule has 20 heavy (non-hydrogen) atoms. The molecule has 0 atom stereocenters. The lowest BCUT2D eigenvalue weighted by Gasteiger charge is -2.34. The first-order valence-corrected chi connectivity index (χ1v) is 7.75. The summed E-state index contributed by atoms with van der Waals surface area (Å²) in [6.45, 7) is 6.90.